The molecule has 0 unspecified atom stereocenters. The van der Waals surface area contributed by atoms with Crippen LogP contribution in [0.1, 0.15) is 48.9 Å². The molecule has 2 amide bonds. The van der Waals surface area contributed by atoms with Crippen molar-refractivity contribution in [2.75, 3.05) is 25.0 Å². The summed E-state index contributed by atoms with van der Waals surface area (Å²) in [5, 5.41) is 15.4. The Hall–Kier alpha value is -4.54. The van der Waals surface area contributed by atoms with Crippen LogP contribution in [-0.2, 0) is 35.5 Å². The Balaban J connectivity index is 0.000000270. The van der Waals surface area contributed by atoms with Gasteiger partial charge in [-0.05, 0) is 73.9 Å². The summed E-state index contributed by atoms with van der Waals surface area (Å²) in [5.74, 6) is 1.68. The number of alkyl halides is 1. The molecule has 0 aliphatic rings. The topological polar surface area (TPSA) is 115 Å². The Kier molecular flexibility index (Phi) is 19.0. The predicted octanol–water partition coefficient (Wildman–Crippen LogP) is 8.01. The maximum Gasteiger partial charge on any atom is 0.407 e. The van der Waals surface area contributed by atoms with Crippen molar-refractivity contribution in [1.29, 1.82) is 0 Å². The van der Waals surface area contributed by atoms with Crippen molar-refractivity contribution in [3.8, 4) is 11.5 Å². The normalized spacial score (nSPS) is 11.6. The van der Waals surface area contributed by atoms with Crippen LogP contribution in [0.4, 0.5) is 9.59 Å². The van der Waals surface area contributed by atoms with Crippen LogP contribution in [0.25, 0.3) is 0 Å². The summed E-state index contributed by atoms with van der Waals surface area (Å²) in [6.45, 7) is 5.46. The number of rotatable bonds is 18. The van der Waals surface area contributed by atoms with Crippen LogP contribution < -0.4 is 20.1 Å². The van der Waals surface area contributed by atoms with Gasteiger partial charge in [0.05, 0.1) is 6.61 Å². The summed E-state index contributed by atoms with van der Waals surface area (Å²) < 4.78 is 22.0. The number of nitrogens with one attached hydrogen (secondary N) is 2. The molecule has 0 bridgehead atoms. The van der Waals surface area contributed by atoms with Gasteiger partial charge in [0.2, 0.25) is 0 Å². The molecule has 3 N–H and O–H groups in total. The van der Waals surface area contributed by atoms with E-state index in [0.29, 0.717) is 13.1 Å². The van der Waals surface area contributed by atoms with Crippen molar-refractivity contribution in [1.82, 2.24) is 10.6 Å². The van der Waals surface area contributed by atoms with E-state index in [1.54, 1.807) is 0 Å². The molecule has 10 heteroatoms. The monoisotopic (exact) mass is 748 g/mol. The molecule has 50 heavy (non-hydrogen) atoms. The molecule has 2 atom stereocenters. The van der Waals surface area contributed by atoms with Gasteiger partial charge in [0.25, 0.3) is 0 Å². The average molecular weight is 750 g/mol. The van der Waals surface area contributed by atoms with E-state index in [2.05, 4.69) is 32.6 Å². The lowest BCUT2D eigenvalue weighted by atomic mass is 10.1. The van der Waals surface area contributed by atoms with E-state index < -0.39 is 6.09 Å². The SMILES string of the molecule is C[C@H](CBr)Oc1ccccc1CCCNC(=O)OCc1ccccc1.C[C@H](CO)Oc1ccccc1CCCNC(=O)OCc1ccccc1. The minimum Gasteiger partial charge on any atom is -0.490 e. The molecule has 0 aromatic heterocycles. The number of carbonyl (C=O) groups excluding carboxylic acids is 2. The van der Waals surface area contributed by atoms with Crippen LogP contribution in [0.15, 0.2) is 109 Å². The number of ether oxygens (including phenoxy) is 4. The van der Waals surface area contributed by atoms with E-state index in [-0.39, 0.29) is 38.1 Å². The van der Waals surface area contributed by atoms with Gasteiger partial charge in [-0.15, -0.1) is 0 Å². The summed E-state index contributed by atoms with van der Waals surface area (Å²) in [6, 6.07) is 35.0. The summed E-state index contributed by atoms with van der Waals surface area (Å²) in [6.07, 6.45) is 2.28. The van der Waals surface area contributed by atoms with Gasteiger partial charge in [0.15, 0.2) is 0 Å². The van der Waals surface area contributed by atoms with Crippen LogP contribution in [-0.4, -0.2) is 54.5 Å². The van der Waals surface area contributed by atoms with Gasteiger partial charge in [-0.1, -0.05) is 113 Å². The fourth-order valence-corrected chi connectivity index (χ4v) is 4.77. The maximum absolute atomic E-state index is 11.7. The van der Waals surface area contributed by atoms with E-state index in [9.17, 15) is 9.59 Å². The summed E-state index contributed by atoms with van der Waals surface area (Å²) in [4.78, 5) is 23.4. The highest BCUT2D eigenvalue weighted by molar-refractivity contribution is 9.09. The number of aliphatic hydroxyl groups excluding tert-OH is 1. The Labute approximate surface area is 304 Å². The lowest BCUT2D eigenvalue weighted by molar-refractivity contribution is 0.128. The van der Waals surface area contributed by atoms with E-state index in [1.165, 1.54) is 0 Å². The molecular weight excluding hydrogens is 700 g/mol. The van der Waals surface area contributed by atoms with Crippen molar-refractivity contribution in [3.05, 3.63) is 131 Å². The highest BCUT2D eigenvalue weighted by atomic mass is 79.9. The zero-order chi connectivity index (χ0) is 35.8. The fraction of sp³-hybridized carbons (Fsp3) is 0.350. The lowest BCUT2D eigenvalue weighted by Crippen LogP contribution is -2.25. The second-order valence-electron chi connectivity index (χ2n) is 11.6. The lowest BCUT2D eigenvalue weighted by Gasteiger charge is -2.15. The first-order chi connectivity index (χ1) is 24.4. The Morgan fingerprint density at radius 3 is 1.44 bits per heavy atom. The number of hydrogen-bond donors (Lipinski definition) is 3. The third-order valence-corrected chi connectivity index (χ3v) is 8.20. The highest BCUT2D eigenvalue weighted by Gasteiger charge is 2.09. The molecular formula is C40H49BrN2O7. The Morgan fingerprint density at radius 2 is 1.02 bits per heavy atom. The van der Waals surface area contributed by atoms with Crippen LogP contribution in [0.2, 0.25) is 0 Å². The second kappa shape index (κ2) is 23.8. The number of aliphatic hydroxyl groups is 1. The molecule has 0 saturated carbocycles. The summed E-state index contributed by atoms with van der Waals surface area (Å²) >= 11 is 3.42. The number of aryl methyl sites for hydroxylation is 2. The average Bonchev–Trinajstić information content (AvgIpc) is 3.15. The highest BCUT2D eigenvalue weighted by Crippen LogP contribution is 2.22. The van der Waals surface area contributed by atoms with Crippen LogP contribution >= 0.6 is 15.9 Å². The number of alkyl carbamates (subject to hydrolysis) is 2. The molecule has 0 saturated heterocycles. The number of para-hydroxylation sites is 2. The quantitative estimate of drug-likeness (QED) is 0.0698. The van der Waals surface area contributed by atoms with Gasteiger partial charge in [-0.3, -0.25) is 0 Å². The van der Waals surface area contributed by atoms with Crippen molar-refractivity contribution in [2.24, 2.45) is 0 Å². The van der Waals surface area contributed by atoms with Gasteiger partial charge in [0.1, 0.15) is 36.9 Å². The van der Waals surface area contributed by atoms with Gasteiger partial charge in [0, 0.05) is 18.4 Å². The first-order valence-corrected chi connectivity index (χ1v) is 18.0. The van der Waals surface area contributed by atoms with E-state index in [0.717, 1.165) is 64.8 Å². The van der Waals surface area contributed by atoms with E-state index >= 15 is 0 Å². The molecule has 0 spiro atoms. The predicted molar refractivity (Wildman–Crippen MR) is 200 cm³/mol. The Bertz CT molecular complexity index is 1410. The molecule has 9 nitrogen and oxygen atoms in total. The molecule has 4 rings (SSSR count). The molecule has 0 heterocycles. The molecule has 0 aliphatic heterocycles. The summed E-state index contributed by atoms with van der Waals surface area (Å²) in [7, 11) is 0. The van der Waals surface area contributed by atoms with Gasteiger partial charge in [-0.25, -0.2) is 9.59 Å². The number of benzene rings is 4. The molecule has 4 aromatic carbocycles. The van der Waals surface area contributed by atoms with Crippen molar-refractivity contribution in [3.63, 3.8) is 0 Å². The zero-order valence-corrected chi connectivity index (χ0v) is 30.5. The van der Waals surface area contributed by atoms with Crippen LogP contribution in [0.5, 0.6) is 11.5 Å². The first kappa shape index (κ1) is 39.9. The smallest absolute Gasteiger partial charge is 0.407 e. The second-order valence-corrected chi connectivity index (χ2v) is 12.2. The van der Waals surface area contributed by atoms with Gasteiger partial charge in [-0.2, -0.15) is 0 Å². The third kappa shape index (κ3) is 16.2. The van der Waals surface area contributed by atoms with Crippen molar-refractivity contribution >= 4 is 28.1 Å². The number of carbonyl (C=O) groups is 2. The van der Waals surface area contributed by atoms with E-state index in [4.69, 9.17) is 24.1 Å². The standard InChI is InChI=1S/C20H24BrNO3.C20H25NO4/c1-16(14-21)25-19-12-6-5-10-18(19)11-7-13-22-20(23)24-15-17-8-3-2-4-9-17;1-16(14-22)25-19-12-6-5-10-18(19)11-7-13-21-20(23)24-15-17-8-3-2-4-9-17/h2-6,8-10,12,16H,7,11,13-15H2,1H3,(H,22,23);2-6,8-10,12,16,22H,7,11,13-15H2,1H3,(H,21,23)/t2*16-/m11/s1. The van der Waals surface area contributed by atoms with Crippen molar-refractivity contribution < 1.29 is 33.6 Å². The number of halogens is 1. The summed E-state index contributed by atoms with van der Waals surface area (Å²) in [5.41, 5.74) is 4.14. The van der Waals surface area contributed by atoms with Gasteiger partial charge >= 0.3 is 12.2 Å². The van der Waals surface area contributed by atoms with Gasteiger partial charge < -0.3 is 34.7 Å². The van der Waals surface area contributed by atoms with Crippen LogP contribution in [0.3, 0.4) is 0 Å². The van der Waals surface area contributed by atoms with E-state index in [1.807, 2.05) is 117 Å². The molecule has 0 aliphatic carbocycles. The number of amides is 2. The maximum atomic E-state index is 11.7. The molecule has 0 radical (unpaired) electrons. The fourth-order valence-electron chi connectivity index (χ4n) is 4.64. The minimum atomic E-state index is -0.415. The zero-order valence-electron chi connectivity index (χ0n) is 28.9. The first-order valence-electron chi connectivity index (χ1n) is 16.9. The minimum absolute atomic E-state index is 0.0247. The molecule has 4 aromatic rings. The van der Waals surface area contributed by atoms with Crippen LogP contribution in [0, 0.1) is 0 Å². The largest absolute Gasteiger partial charge is 0.490 e. The Morgan fingerprint density at radius 1 is 0.620 bits per heavy atom. The molecule has 268 valence electrons. The molecule has 0 fully saturated rings. The third-order valence-electron chi connectivity index (χ3n) is 7.29. The van der Waals surface area contributed by atoms with Crippen molar-refractivity contribution in [2.45, 2.75) is 65.0 Å². The number of hydrogen-bond acceptors (Lipinski definition) is 7.